The van der Waals surface area contributed by atoms with Gasteiger partial charge in [-0.25, -0.2) is 8.78 Å². The predicted molar refractivity (Wildman–Crippen MR) is 74.8 cm³/mol. The van der Waals surface area contributed by atoms with Crippen molar-refractivity contribution in [3.63, 3.8) is 0 Å². The van der Waals surface area contributed by atoms with E-state index in [4.69, 9.17) is 22.1 Å². The zero-order valence-corrected chi connectivity index (χ0v) is 11.6. The SMILES string of the molecule is CC(N)C(Oc1cc(F)ccc1F)c1ccc(Cl)cc1. The van der Waals surface area contributed by atoms with E-state index < -0.39 is 23.8 Å². The molecular weight excluding hydrogens is 284 g/mol. The van der Waals surface area contributed by atoms with E-state index in [1.54, 1.807) is 31.2 Å². The van der Waals surface area contributed by atoms with Crippen LogP contribution >= 0.6 is 11.6 Å². The quantitative estimate of drug-likeness (QED) is 0.922. The molecule has 2 aromatic rings. The van der Waals surface area contributed by atoms with E-state index in [0.29, 0.717) is 5.02 Å². The lowest BCUT2D eigenvalue weighted by Gasteiger charge is -2.23. The third-order valence-corrected chi connectivity index (χ3v) is 3.08. The van der Waals surface area contributed by atoms with Crippen LogP contribution in [0.15, 0.2) is 42.5 Å². The fraction of sp³-hybridized carbons (Fsp3) is 0.200. The number of benzene rings is 2. The van der Waals surface area contributed by atoms with Crippen molar-refractivity contribution >= 4 is 11.6 Å². The number of ether oxygens (including phenoxy) is 1. The number of rotatable bonds is 4. The molecule has 0 saturated heterocycles. The Balaban J connectivity index is 2.30. The molecule has 0 saturated carbocycles. The first kappa shape index (κ1) is 14.8. The minimum Gasteiger partial charge on any atom is -0.481 e. The molecule has 2 N–H and O–H groups in total. The highest BCUT2D eigenvalue weighted by molar-refractivity contribution is 6.30. The third kappa shape index (κ3) is 3.46. The Labute approximate surface area is 121 Å². The van der Waals surface area contributed by atoms with Crippen LogP contribution in [0.3, 0.4) is 0 Å². The van der Waals surface area contributed by atoms with Crippen molar-refractivity contribution in [2.75, 3.05) is 0 Å². The minimum atomic E-state index is -0.633. The molecule has 20 heavy (non-hydrogen) atoms. The zero-order valence-electron chi connectivity index (χ0n) is 10.8. The van der Waals surface area contributed by atoms with Crippen molar-refractivity contribution in [3.8, 4) is 5.75 Å². The van der Waals surface area contributed by atoms with Crippen LogP contribution in [-0.4, -0.2) is 6.04 Å². The summed E-state index contributed by atoms with van der Waals surface area (Å²) < 4.78 is 32.3. The first-order valence-electron chi connectivity index (χ1n) is 6.10. The lowest BCUT2D eigenvalue weighted by molar-refractivity contribution is 0.172. The van der Waals surface area contributed by atoms with Crippen molar-refractivity contribution in [1.82, 2.24) is 0 Å². The summed E-state index contributed by atoms with van der Waals surface area (Å²) in [6.07, 6.45) is -0.594. The molecule has 2 nitrogen and oxygen atoms in total. The highest BCUT2D eigenvalue weighted by Gasteiger charge is 2.20. The van der Waals surface area contributed by atoms with E-state index in [1.165, 1.54) is 0 Å². The normalized spacial score (nSPS) is 13.8. The van der Waals surface area contributed by atoms with Crippen LogP contribution in [0.1, 0.15) is 18.6 Å². The van der Waals surface area contributed by atoms with Gasteiger partial charge in [0.25, 0.3) is 0 Å². The molecule has 0 amide bonds. The molecule has 0 bridgehead atoms. The van der Waals surface area contributed by atoms with Crippen LogP contribution < -0.4 is 10.5 Å². The van der Waals surface area contributed by atoms with E-state index in [9.17, 15) is 8.78 Å². The standard InChI is InChI=1S/C15H14ClF2NO/c1-9(19)15(10-2-4-11(16)5-3-10)20-14-8-12(17)6-7-13(14)18/h2-9,15H,19H2,1H3. The fourth-order valence-corrected chi connectivity index (χ4v) is 1.96. The average molecular weight is 298 g/mol. The molecule has 0 fully saturated rings. The molecule has 0 aliphatic carbocycles. The molecule has 2 rings (SSSR count). The molecule has 0 aromatic heterocycles. The average Bonchev–Trinajstić information content (AvgIpc) is 2.40. The molecule has 2 unspecified atom stereocenters. The van der Waals surface area contributed by atoms with Crippen molar-refractivity contribution < 1.29 is 13.5 Å². The smallest absolute Gasteiger partial charge is 0.165 e. The van der Waals surface area contributed by atoms with Gasteiger partial charge in [-0.15, -0.1) is 0 Å². The molecule has 5 heteroatoms. The van der Waals surface area contributed by atoms with Crippen molar-refractivity contribution in [2.24, 2.45) is 5.73 Å². The van der Waals surface area contributed by atoms with E-state index in [1.807, 2.05) is 0 Å². The maximum atomic E-state index is 13.6. The van der Waals surface area contributed by atoms with E-state index in [-0.39, 0.29) is 5.75 Å². The van der Waals surface area contributed by atoms with Crippen molar-refractivity contribution in [3.05, 3.63) is 64.7 Å². The first-order valence-corrected chi connectivity index (χ1v) is 6.48. The largest absolute Gasteiger partial charge is 0.481 e. The second-order valence-electron chi connectivity index (χ2n) is 4.52. The van der Waals surface area contributed by atoms with Gasteiger partial charge in [0, 0.05) is 17.1 Å². The highest BCUT2D eigenvalue weighted by Crippen LogP contribution is 2.27. The molecule has 106 valence electrons. The summed E-state index contributed by atoms with van der Waals surface area (Å²) in [6, 6.07) is 9.52. The van der Waals surface area contributed by atoms with Gasteiger partial charge in [-0.2, -0.15) is 0 Å². The Hall–Kier alpha value is -1.65. The van der Waals surface area contributed by atoms with Crippen LogP contribution in [-0.2, 0) is 0 Å². The summed E-state index contributed by atoms with van der Waals surface area (Å²) in [5.74, 6) is -1.37. The van der Waals surface area contributed by atoms with Crippen LogP contribution in [0.2, 0.25) is 5.02 Å². The first-order chi connectivity index (χ1) is 9.47. The molecule has 0 aliphatic heterocycles. The molecule has 0 heterocycles. The van der Waals surface area contributed by atoms with Crippen molar-refractivity contribution in [1.29, 1.82) is 0 Å². The summed E-state index contributed by atoms with van der Waals surface area (Å²) in [5.41, 5.74) is 6.61. The van der Waals surface area contributed by atoms with Gasteiger partial charge < -0.3 is 10.5 Å². The minimum absolute atomic E-state index is 0.165. The van der Waals surface area contributed by atoms with Gasteiger partial charge in [-0.1, -0.05) is 23.7 Å². The third-order valence-electron chi connectivity index (χ3n) is 2.82. The Morgan fingerprint density at radius 3 is 2.35 bits per heavy atom. The van der Waals surface area contributed by atoms with Crippen LogP contribution in [0.4, 0.5) is 8.78 Å². The van der Waals surface area contributed by atoms with Gasteiger partial charge >= 0.3 is 0 Å². The Morgan fingerprint density at radius 1 is 1.10 bits per heavy atom. The second kappa shape index (κ2) is 6.20. The lowest BCUT2D eigenvalue weighted by atomic mass is 10.0. The Kier molecular flexibility index (Phi) is 4.57. The summed E-state index contributed by atoms with van der Waals surface area (Å²) in [6.45, 7) is 1.73. The summed E-state index contributed by atoms with van der Waals surface area (Å²) in [5, 5.41) is 0.578. The van der Waals surface area contributed by atoms with E-state index in [0.717, 1.165) is 23.8 Å². The zero-order chi connectivity index (χ0) is 14.7. The summed E-state index contributed by atoms with van der Waals surface area (Å²) in [4.78, 5) is 0. The molecule has 2 atom stereocenters. The van der Waals surface area contributed by atoms with Crippen LogP contribution in [0, 0.1) is 11.6 Å². The van der Waals surface area contributed by atoms with Gasteiger partial charge in [0.2, 0.25) is 0 Å². The number of nitrogens with two attached hydrogens (primary N) is 1. The molecule has 0 radical (unpaired) electrons. The van der Waals surface area contributed by atoms with Crippen LogP contribution in [0.25, 0.3) is 0 Å². The molecule has 2 aromatic carbocycles. The lowest BCUT2D eigenvalue weighted by Crippen LogP contribution is -2.29. The van der Waals surface area contributed by atoms with Gasteiger partial charge in [-0.3, -0.25) is 0 Å². The Bertz CT molecular complexity index is 587. The number of hydrogen-bond donors (Lipinski definition) is 1. The summed E-state index contributed by atoms with van der Waals surface area (Å²) >= 11 is 5.82. The maximum Gasteiger partial charge on any atom is 0.165 e. The maximum absolute atomic E-state index is 13.6. The number of halogens is 3. The van der Waals surface area contributed by atoms with E-state index in [2.05, 4.69) is 0 Å². The van der Waals surface area contributed by atoms with Gasteiger partial charge in [0.1, 0.15) is 11.9 Å². The monoisotopic (exact) mass is 297 g/mol. The predicted octanol–water partition coefficient (Wildman–Crippen LogP) is 4.09. The van der Waals surface area contributed by atoms with Crippen molar-refractivity contribution in [2.45, 2.75) is 19.1 Å². The van der Waals surface area contributed by atoms with Gasteiger partial charge in [0.05, 0.1) is 0 Å². The van der Waals surface area contributed by atoms with Gasteiger partial charge in [-0.05, 0) is 36.8 Å². The molecule has 0 aliphatic rings. The molecular formula is C15H14ClF2NO. The molecule has 0 spiro atoms. The van der Waals surface area contributed by atoms with Gasteiger partial charge in [0.15, 0.2) is 11.6 Å². The van der Waals surface area contributed by atoms with E-state index >= 15 is 0 Å². The van der Waals surface area contributed by atoms with Crippen LogP contribution in [0.5, 0.6) is 5.75 Å². The topological polar surface area (TPSA) is 35.2 Å². The second-order valence-corrected chi connectivity index (χ2v) is 4.96. The number of hydrogen-bond acceptors (Lipinski definition) is 2. The Morgan fingerprint density at radius 2 is 1.75 bits per heavy atom. The summed E-state index contributed by atoms with van der Waals surface area (Å²) in [7, 11) is 0. The fourth-order valence-electron chi connectivity index (χ4n) is 1.84. The highest BCUT2D eigenvalue weighted by atomic mass is 35.5.